The molecule has 1 aromatic rings. The topological polar surface area (TPSA) is 112 Å². The molecule has 2 aliphatic carbocycles. The van der Waals surface area contributed by atoms with E-state index in [1.54, 1.807) is 0 Å². The van der Waals surface area contributed by atoms with Crippen LogP contribution in [0.3, 0.4) is 0 Å². The highest BCUT2D eigenvalue weighted by Gasteiger charge is 2.74. The van der Waals surface area contributed by atoms with Crippen LogP contribution in [0.1, 0.15) is 106 Å². The first-order chi connectivity index (χ1) is 20.4. The molecule has 0 aromatic heterocycles. The summed E-state index contributed by atoms with van der Waals surface area (Å²) in [4.78, 5) is 45.0. The van der Waals surface area contributed by atoms with Crippen LogP contribution in [-0.4, -0.2) is 32.7 Å². The van der Waals surface area contributed by atoms with Gasteiger partial charge in [0.1, 0.15) is 16.7 Å². The summed E-state index contributed by atoms with van der Waals surface area (Å²) in [7, 11) is 0. The molecule has 0 heterocycles. The molecular weight excluding hydrogens is 552 g/mol. The molecule has 0 aliphatic heterocycles. The zero-order chi connectivity index (χ0) is 33.2. The van der Waals surface area contributed by atoms with E-state index in [4.69, 9.17) is 0 Å². The summed E-state index contributed by atoms with van der Waals surface area (Å²) < 4.78 is 0. The molecule has 0 saturated heterocycles. The van der Waals surface area contributed by atoms with Gasteiger partial charge in [-0.25, -0.2) is 0 Å². The van der Waals surface area contributed by atoms with Crippen LogP contribution in [0.15, 0.2) is 70.4 Å². The Morgan fingerprint density at radius 1 is 0.795 bits per heavy atom. The fourth-order valence-electron chi connectivity index (χ4n) is 7.12. The highest BCUT2D eigenvalue weighted by molar-refractivity contribution is 6.41. The summed E-state index contributed by atoms with van der Waals surface area (Å²) in [5.74, 6) is -3.32. The third-order valence-corrected chi connectivity index (χ3v) is 9.76. The minimum Gasteiger partial charge on any atom is -0.506 e. The highest BCUT2D eigenvalue weighted by Crippen LogP contribution is 2.67. The predicted octanol–water partition coefficient (Wildman–Crippen LogP) is 8.90. The minimum atomic E-state index is -1.61. The lowest BCUT2D eigenvalue weighted by Crippen LogP contribution is -2.70. The second-order valence-electron chi connectivity index (χ2n) is 14.0. The molecule has 0 spiro atoms. The third-order valence-electron chi connectivity index (χ3n) is 9.76. The third kappa shape index (κ3) is 6.13. The molecule has 2 aliphatic rings. The molecule has 3 N–H and O–H groups in total. The van der Waals surface area contributed by atoms with E-state index in [1.807, 2.05) is 74.5 Å². The smallest absolute Gasteiger partial charge is 0.184 e. The lowest BCUT2D eigenvalue weighted by atomic mass is 9.37. The van der Waals surface area contributed by atoms with Gasteiger partial charge in [-0.1, -0.05) is 53.5 Å². The summed E-state index contributed by atoms with van der Waals surface area (Å²) in [6.07, 6.45) is 10.4. The van der Waals surface area contributed by atoms with Gasteiger partial charge >= 0.3 is 0 Å². The van der Waals surface area contributed by atoms with Crippen LogP contribution >= 0.6 is 0 Å². The van der Waals surface area contributed by atoms with Crippen molar-refractivity contribution < 1.29 is 29.7 Å². The Morgan fingerprint density at radius 3 is 1.91 bits per heavy atom. The Labute approximate surface area is 263 Å². The lowest BCUT2D eigenvalue weighted by Gasteiger charge is -2.61. The maximum atomic E-state index is 15.2. The lowest BCUT2D eigenvalue weighted by molar-refractivity contribution is -0.178. The summed E-state index contributed by atoms with van der Waals surface area (Å²) >= 11 is 0. The van der Waals surface area contributed by atoms with Crippen LogP contribution in [0.4, 0.5) is 0 Å². The van der Waals surface area contributed by atoms with Gasteiger partial charge in [-0.05, 0) is 123 Å². The molecule has 6 heteroatoms. The van der Waals surface area contributed by atoms with Gasteiger partial charge in [0.25, 0.3) is 0 Å². The van der Waals surface area contributed by atoms with Crippen LogP contribution in [-0.2, 0) is 14.4 Å². The summed E-state index contributed by atoms with van der Waals surface area (Å²) in [5, 5.41) is 31.8. The van der Waals surface area contributed by atoms with Crippen molar-refractivity contribution in [3.05, 3.63) is 75.9 Å². The first kappa shape index (κ1) is 34.8. The Morgan fingerprint density at radius 2 is 1.36 bits per heavy atom. The second kappa shape index (κ2) is 13.1. The molecule has 238 valence electrons. The second-order valence-corrected chi connectivity index (χ2v) is 14.0. The molecule has 0 unspecified atom stereocenters. The van der Waals surface area contributed by atoms with Crippen molar-refractivity contribution in [2.45, 2.75) is 101 Å². The number of allylic oxidation sites excluding steroid dienone is 9. The number of rotatable bonds is 10. The van der Waals surface area contributed by atoms with Crippen molar-refractivity contribution >= 4 is 23.1 Å². The predicted molar refractivity (Wildman–Crippen MR) is 176 cm³/mol. The number of hydrogen-bond donors (Lipinski definition) is 3. The van der Waals surface area contributed by atoms with Gasteiger partial charge in [0, 0.05) is 5.56 Å². The van der Waals surface area contributed by atoms with Crippen molar-refractivity contribution in [1.29, 1.82) is 0 Å². The Balaban J connectivity index is 2.51. The maximum Gasteiger partial charge on any atom is 0.184 e. The first-order valence-electron chi connectivity index (χ1n) is 15.6. The number of carbonyl (C=O) groups excluding carboxylic acids is 3. The standard InChI is InChI=1S/C38H50O6/c1-23(2)11-10-18-36(9)28(14-12-24(3)4)22-37(19-16-25(5)6)33(42)31(32(41)27-13-15-29(39)30(40)21-27)34(43)38(36,35(37)44)20-17-26(7)8/h11-13,15-17,21,28,39-41H,10,14,18-20,22H2,1-9H3/t28-,36+,37-,38+/m1/s1. The molecule has 4 atom stereocenters. The number of aliphatic hydroxyl groups excluding tert-OH is 1. The molecule has 44 heavy (non-hydrogen) atoms. The number of carbonyl (C=O) groups is 3. The zero-order valence-corrected chi connectivity index (χ0v) is 27.9. The molecule has 3 rings (SSSR count). The number of phenols is 2. The van der Waals surface area contributed by atoms with E-state index in [2.05, 4.69) is 12.2 Å². The zero-order valence-electron chi connectivity index (χ0n) is 27.9. The van der Waals surface area contributed by atoms with Gasteiger partial charge in [-0.2, -0.15) is 0 Å². The SMILES string of the molecule is CC(C)=CCC[C@@]1(C)[C@H](CC=C(C)C)C[C@]2(CC=C(C)C)C(=O)C(=C(O)c3ccc(O)c(O)c3)C(=O)[C@@]1(CC=C(C)C)C2=O. The summed E-state index contributed by atoms with van der Waals surface area (Å²) in [6, 6.07) is 3.67. The van der Waals surface area contributed by atoms with Crippen LogP contribution in [0.5, 0.6) is 11.5 Å². The summed E-state index contributed by atoms with van der Waals surface area (Å²) in [6.45, 7) is 17.8. The monoisotopic (exact) mass is 602 g/mol. The molecule has 2 saturated carbocycles. The van der Waals surface area contributed by atoms with E-state index in [0.717, 1.165) is 28.4 Å². The Hall–Kier alpha value is -3.67. The van der Waals surface area contributed by atoms with Crippen LogP contribution in [0, 0.1) is 22.2 Å². The Kier molecular flexibility index (Phi) is 10.4. The number of fused-ring (bicyclic) bond motifs is 2. The quantitative estimate of drug-likeness (QED) is 0.0616. The van der Waals surface area contributed by atoms with Crippen LogP contribution < -0.4 is 0 Å². The van der Waals surface area contributed by atoms with Crippen molar-refractivity contribution in [1.82, 2.24) is 0 Å². The molecule has 6 nitrogen and oxygen atoms in total. The largest absolute Gasteiger partial charge is 0.506 e. The number of hydrogen-bond acceptors (Lipinski definition) is 6. The van der Waals surface area contributed by atoms with E-state index in [-0.39, 0.29) is 36.5 Å². The molecule has 1 aromatic carbocycles. The molecular formula is C38H50O6. The Bertz CT molecular complexity index is 1480. The fourth-order valence-corrected chi connectivity index (χ4v) is 7.12. The highest BCUT2D eigenvalue weighted by atomic mass is 16.3. The van der Waals surface area contributed by atoms with Crippen LogP contribution in [0.2, 0.25) is 0 Å². The van der Waals surface area contributed by atoms with E-state index in [0.29, 0.717) is 19.3 Å². The number of aromatic hydroxyl groups is 2. The van der Waals surface area contributed by atoms with Crippen molar-refractivity contribution in [3.8, 4) is 11.5 Å². The van der Waals surface area contributed by atoms with E-state index in [1.165, 1.54) is 12.1 Å². The first-order valence-corrected chi connectivity index (χ1v) is 15.6. The van der Waals surface area contributed by atoms with Gasteiger partial charge in [-0.15, -0.1) is 0 Å². The average molecular weight is 603 g/mol. The number of aliphatic hydroxyl groups is 1. The maximum absolute atomic E-state index is 15.2. The van der Waals surface area contributed by atoms with Crippen molar-refractivity contribution in [2.75, 3.05) is 0 Å². The van der Waals surface area contributed by atoms with E-state index in [9.17, 15) is 20.1 Å². The number of ketones is 3. The van der Waals surface area contributed by atoms with Gasteiger partial charge in [0.05, 0.1) is 5.41 Å². The number of benzene rings is 1. The summed E-state index contributed by atoms with van der Waals surface area (Å²) in [5.41, 5.74) is -0.210. The molecule has 0 amide bonds. The van der Waals surface area contributed by atoms with Crippen molar-refractivity contribution in [3.63, 3.8) is 0 Å². The van der Waals surface area contributed by atoms with Gasteiger partial charge < -0.3 is 15.3 Å². The number of Topliss-reactive ketones (excluding diaryl/α,β-unsaturated/α-hetero) is 3. The van der Waals surface area contributed by atoms with Crippen molar-refractivity contribution in [2.24, 2.45) is 22.2 Å². The molecule has 2 fully saturated rings. The van der Waals surface area contributed by atoms with E-state index >= 15 is 9.59 Å². The number of phenolic OH excluding ortho intramolecular Hbond substituents is 2. The van der Waals surface area contributed by atoms with Gasteiger partial charge in [0.2, 0.25) is 0 Å². The van der Waals surface area contributed by atoms with Gasteiger partial charge in [-0.3, -0.25) is 14.4 Å². The fraction of sp³-hybridized carbons (Fsp3) is 0.500. The van der Waals surface area contributed by atoms with E-state index < -0.39 is 50.6 Å². The average Bonchev–Trinajstić information content (AvgIpc) is 2.92. The van der Waals surface area contributed by atoms with Gasteiger partial charge in [0.15, 0.2) is 28.8 Å². The molecule has 2 bridgehead atoms. The molecule has 0 radical (unpaired) electrons. The van der Waals surface area contributed by atoms with Crippen LogP contribution in [0.25, 0.3) is 5.76 Å². The normalized spacial score (nSPS) is 27.4. The minimum absolute atomic E-state index is 0.0199.